The van der Waals surface area contributed by atoms with E-state index in [4.69, 9.17) is 11.6 Å². The molecule has 0 spiro atoms. The lowest BCUT2D eigenvalue weighted by molar-refractivity contribution is 1.61. The van der Waals surface area contributed by atoms with Crippen LogP contribution in [0, 0.1) is 0 Å². The number of halogens is 2. The Kier molecular flexibility index (Phi) is 3.16. The van der Waals surface area contributed by atoms with Gasteiger partial charge in [0.25, 0.3) is 0 Å². The Labute approximate surface area is 71.4 Å². The van der Waals surface area contributed by atoms with Crippen molar-refractivity contribution in [2.75, 3.05) is 0 Å². The van der Waals surface area contributed by atoms with Crippen LogP contribution in [0.3, 0.4) is 0 Å². The molecule has 0 bridgehead atoms. The molecule has 1 aliphatic rings. The van der Waals surface area contributed by atoms with Gasteiger partial charge in [0.2, 0.25) is 0 Å². The van der Waals surface area contributed by atoms with Crippen LogP contribution < -0.4 is 6.15 Å². The van der Waals surface area contributed by atoms with Gasteiger partial charge in [0.15, 0.2) is 0 Å². The van der Waals surface area contributed by atoms with Crippen LogP contribution in [0.25, 0.3) is 0 Å². The van der Waals surface area contributed by atoms with Crippen molar-refractivity contribution >= 4 is 24.0 Å². The topological polar surface area (TPSA) is 35.0 Å². The molecular formula is C7H9Cl2N. The van der Waals surface area contributed by atoms with Crippen molar-refractivity contribution in [3.8, 4) is 0 Å². The Balaban J connectivity index is 0.000000405. The molecule has 0 amide bonds. The molecule has 0 aliphatic heterocycles. The molecule has 1 aromatic carbocycles. The van der Waals surface area contributed by atoms with Gasteiger partial charge in [0.05, 0.1) is 0 Å². The minimum Gasteiger partial charge on any atom is -0.344 e. The van der Waals surface area contributed by atoms with Gasteiger partial charge < -0.3 is 6.15 Å². The first-order chi connectivity index (χ1) is 3.86. The van der Waals surface area contributed by atoms with Gasteiger partial charge in [-0.3, -0.25) is 0 Å². The minimum absolute atomic E-state index is 0. The van der Waals surface area contributed by atoms with E-state index in [0.29, 0.717) is 0 Å². The van der Waals surface area contributed by atoms with E-state index < -0.39 is 0 Å². The van der Waals surface area contributed by atoms with Gasteiger partial charge in [-0.2, -0.15) is 0 Å². The molecule has 0 unspecified atom stereocenters. The third-order valence-corrected chi connectivity index (χ3v) is 1.66. The highest BCUT2D eigenvalue weighted by molar-refractivity contribution is 6.30. The summed E-state index contributed by atoms with van der Waals surface area (Å²) in [5.74, 6) is 0. The summed E-state index contributed by atoms with van der Waals surface area (Å²) in [5.41, 5.74) is 2.87. The largest absolute Gasteiger partial charge is 0.344 e. The van der Waals surface area contributed by atoms with Crippen LogP contribution >= 0.6 is 24.0 Å². The summed E-state index contributed by atoms with van der Waals surface area (Å²) in [6.45, 7) is 0. The number of rotatable bonds is 0. The van der Waals surface area contributed by atoms with Crippen molar-refractivity contribution in [2.24, 2.45) is 0 Å². The Hall–Kier alpha value is -0.240. The summed E-state index contributed by atoms with van der Waals surface area (Å²) in [7, 11) is 0. The number of fused-ring (bicyclic) bond motifs is 1. The number of hydrogen-bond acceptors (Lipinski definition) is 1. The average molecular weight is 178 g/mol. The molecule has 1 aromatic rings. The van der Waals surface area contributed by atoms with E-state index >= 15 is 0 Å². The monoisotopic (exact) mass is 177 g/mol. The van der Waals surface area contributed by atoms with Gasteiger partial charge in [-0.25, -0.2) is 0 Å². The minimum atomic E-state index is 0. The highest BCUT2D eigenvalue weighted by atomic mass is 35.5. The number of hydrogen-bond donors (Lipinski definition) is 1. The molecule has 0 radical (unpaired) electrons. The average Bonchev–Trinajstić information content (AvgIpc) is 2.43. The first-order valence-corrected chi connectivity index (χ1v) is 3.01. The second-order valence-corrected chi connectivity index (χ2v) is 2.53. The fourth-order valence-electron chi connectivity index (χ4n) is 0.865. The van der Waals surface area contributed by atoms with E-state index in [1.54, 1.807) is 0 Å². The zero-order valence-electron chi connectivity index (χ0n) is 5.43. The molecule has 0 saturated carbocycles. The van der Waals surface area contributed by atoms with Crippen molar-refractivity contribution < 1.29 is 0 Å². The zero-order chi connectivity index (χ0) is 5.56. The smallest absolute Gasteiger partial charge is 0.0409 e. The molecule has 1 nitrogen and oxygen atoms in total. The standard InChI is InChI=1S/C7H5Cl.ClH.H3N/c8-7-2-1-5-3-6(5)4-7;;/h1-2,4H,3H2;1H;1H3. The van der Waals surface area contributed by atoms with Crippen molar-refractivity contribution in [1.82, 2.24) is 6.15 Å². The van der Waals surface area contributed by atoms with E-state index in [9.17, 15) is 0 Å². The quantitative estimate of drug-likeness (QED) is 0.661. The van der Waals surface area contributed by atoms with Gasteiger partial charge in [0, 0.05) is 5.02 Å². The molecular weight excluding hydrogens is 169 g/mol. The van der Waals surface area contributed by atoms with E-state index in [1.165, 1.54) is 11.1 Å². The summed E-state index contributed by atoms with van der Waals surface area (Å²) >= 11 is 5.68. The second kappa shape index (κ2) is 3.24. The predicted octanol–water partition coefficient (Wildman–Crippen LogP) is 2.83. The summed E-state index contributed by atoms with van der Waals surface area (Å²) in [6.07, 6.45) is 1.16. The third-order valence-electron chi connectivity index (χ3n) is 1.42. The SMILES string of the molecule is Cl.Clc1ccc2c(c1)C2.N. The highest BCUT2D eigenvalue weighted by Gasteiger charge is 2.14. The summed E-state index contributed by atoms with van der Waals surface area (Å²) < 4.78 is 0. The van der Waals surface area contributed by atoms with E-state index in [-0.39, 0.29) is 18.6 Å². The predicted molar refractivity (Wildman–Crippen MR) is 46.5 cm³/mol. The van der Waals surface area contributed by atoms with Crippen LogP contribution in [-0.4, -0.2) is 0 Å². The maximum Gasteiger partial charge on any atom is 0.0409 e. The molecule has 0 atom stereocenters. The second-order valence-electron chi connectivity index (χ2n) is 2.09. The first kappa shape index (κ1) is 9.76. The Morgan fingerprint density at radius 1 is 1.20 bits per heavy atom. The van der Waals surface area contributed by atoms with Crippen LogP contribution in [0.15, 0.2) is 18.2 Å². The van der Waals surface area contributed by atoms with Crippen LogP contribution in [0.1, 0.15) is 11.1 Å². The molecule has 0 heterocycles. The van der Waals surface area contributed by atoms with Crippen LogP contribution in [-0.2, 0) is 6.42 Å². The van der Waals surface area contributed by atoms with Crippen molar-refractivity contribution in [2.45, 2.75) is 6.42 Å². The molecule has 1 aliphatic carbocycles. The molecule has 0 fully saturated rings. The molecule has 2 rings (SSSR count). The molecule has 0 saturated heterocycles. The Morgan fingerprint density at radius 2 is 1.90 bits per heavy atom. The van der Waals surface area contributed by atoms with Gasteiger partial charge in [-0.15, -0.1) is 12.4 Å². The molecule has 10 heavy (non-hydrogen) atoms. The normalized spacial score (nSPS) is 10.5. The molecule has 3 heteroatoms. The highest BCUT2D eigenvalue weighted by Crippen LogP contribution is 2.29. The van der Waals surface area contributed by atoms with Crippen molar-refractivity contribution in [1.29, 1.82) is 0 Å². The van der Waals surface area contributed by atoms with Crippen molar-refractivity contribution in [3.63, 3.8) is 0 Å². The summed E-state index contributed by atoms with van der Waals surface area (Å²) in [5, 5.41) is 0.862. The van der Waals surface area contributed by atoms with Crippen LogP contribution in [0.4, 0.5) is 0 Å². The van der Waals surface area contributed by atoms with E-state index in [1.807, 2.05) is 12.1 Å². The van der Waals surface area contributed by atoms with Gasteiger partial charge in [-0.1, -0.05) is 17.7 Å². The third kappa shape index (κ3) is 1.63. The fraction of sp³-hybridized carbons (Fsp3) is 0.143. The van der Waals surface area contributed by atoms with Gasteiger partial charge >= 0.3 is 0 Å². The van der Waals surface area contributed by atoms with Crippen LogP contribution in [0.5, 0.6) is 0 Å². The maximum atomic E-state index is 5.68. The Morgan fingerprint density at radius 3 is 2.40 bits per heavy atom. The number of benzene rings is 1. The van der Waals surface area contributed by atoms with Crippen LogP contribution in [0.2, 0.25) is 5.02 Å². The molecule has 56 valence electrons. The lowest BCUT2D eigenvalue weighted by Gasteiger charge is -1.79. The first-order valence-electron chi connectivity index (χ1n) is 2.63. The van der Waals surface area contributed by atoms with E-state index in [2.05, 4.69) is 6.07 Å². The molecule has 3 N–H and O–H groups in total. The van der Waals surface area contributed by atoms with Gasteiger partial charge in [0.1, 0.15) is 0 Å². The summed E-state index contributed by atoms with van der Waals surface area (Å²) in [4.78, 5) is 0. The van der Waals surface area contributed by atoms with E-state index in [0.717, 1.165) is 11.4 Å². The molecule has 0 aromatic heterocycles. The van der Waals surface area contributed by atoms with Gasteiger partial charge in [-0.05, 0) is 29.7 Å². The summed E-state index contributed by atoms with van der Waals surface area (Å²) in [6, 6.07) is 6.04. The lowest BCUT2D eigenvalue weighted by Crippen LogP contribution is -1.55. The zero-order valence-corrected chi connectivity index (χ0v) is 7.00. The fourth-order valence-corrected chi connectivity index (χ4v) is 1.06. The lowest BCUT2D eigenvalue weighted by atomic mass is 10.4. The maximum absolute atomic E-state index is 5.68. The van der Waals surface area contributed by atoms with Crippen molar-refractivity contribution in [3.05, 3.63) is 34.3 Å². The Bertz CT molecular complexity index is 234.